The maximum Gasteiger partial charge on any atom is 0.258 e. The molecule has 0 saturated carbocycles. The number of carbonyl (C=O) groups is 1. The van der Waals surface area contributed by atoms with E-state index >= 15 is 0 Å². The molecule has 2 heterocycles. The predicted molar refractivity (Wildman–Crippen MR) is 108 cm³/mol. The maximum atomic E-state index is 11.6. The number of aromatic nitrogens is 2. The van der Waals surface area contributed by atoms with E-state index in [2.05, 4.69) is 45.6 Å². The molecule has 0 aliphatic rings. The van der Waals surface area contributed by atoms with Crippen LogP contribution in [0.15, 0.2) is 60.8 Å². The second-order valence-electron chi connectivity index (χ2n) is 6.83. The van der Waals surface area contributed by atoms with Gasteiger partial charge in [-0.25, -0.2) is 4.98 Å². The lowest BCUT2D eigenvalue weighted by molar-refractivity contribution is -0.123. The lowest BCUT2D eigenvalue weighted by atomic mass is 10.1. The van der Waals surface area contributed by atoms with Gasteiger partial charge in [-0.2, -0.15) is 0 Å². The molecule has 0 aliphatic heterocycles. The van der Waals surface area contributed by atoms with Gasteiger partial charge >= 0.3 is 0 Å². The number of amides is 1. The first-order valence-electron chi connectivity index (χ1n) is 8.99. The second-order valence-corrected chi connectivity index (χ2v) is 6.83. The number of rotatable bonds is 5. The van der Waals surface area contributed by atoms with Gasteiger partial charge < -0.3 is 15.0 Å². The van der Waals surface area contributed by atoms with Gasteiger partial charge in [0.1, 0.15) is 0 Å². The van der Waals surface area contributed by atoms with Gasteiger partial charge in [-0.1, -0.05) is 30.3 Å². The molecule has 2 aromatic carbocycles. The minimum atomic E-state index is -0.153. The van der Waals surface area contributed by atoms with Gasteiger partial charge in [0.05, 0.1) is 0 Å². The van der Waals surface area contributed by atoms with E-state index in [4.69, 9.17) is 4.74 Å². The molecular weight excluding hydrogens is 338 g/mol. The highest BCUT2D eigenvalue weighted by Crippen LogP contribution is 2.29. The summed E-state index contributed by atoms with van der Waals surface area (Å²) in [5.74, 6) is 0.282. The van der Waals surface area contributed by atoms with Gasteiger partial charge in [-0.3, -0.25) is 4.79 Å². The van der Waals surface area contributed by atoms with Crippen molar-refractivity contribution in [1.29, 1.82) is 0 Å². The third-order valence-corrected chi connectivity index (χ3v) is 4.38. The number of aromatic amines is 1. The Morgan fingerprint density at radius 1 is 1.04 bits per heavy atom. The Balaban J connectivity index is 1.53. The summed E-state index contributed by atoms with van der Waals surface area (Å²) < 4.78 is 5.44. The van der Waals surface area contributed by atoms with Gasteiger partial charge in [0, 0.05) is 45.7 Å². The lowest BCUT2D eigenvalue weighted by Crippen LogP contribution is -2.34. The Labute approximate surface area is 157 Å². The molecule has 0 spiro atoms. The van der Waals surface area contributed by atoms with Crippen molar-refractivity contribution in [3.05, 3.63) is 60.8 Å². The number of fused-ring (bicyclic) bond motifs is 3. The molecule has 0 unspecified atom stereocenters. The van der Waals surface area contributed by atoms with Crippen LogP contribution in [-0.4, -0.2) is 28.5 Å². The van der Waals surface area contributed by atoms with Crippen molar-refractivity contribution in [2.45, 2.75) is 19.9 Å². The molecule has 0 saturated heterocycles. The number of benzene rings is 2. The third-order valence-electron chi connectivity index (χ3n) is 4.38. The van der Waals surface area contributed by atoms with Gasteiger partial charge in [-0.05, 0) is 37.6 Å². The van der Waals surface area contributed by atoms with E-state index in [1.54, 1.807) is 12.3 Å². The first-order valence-corrected chi connectivity index (χ1v) is 8.99. The first kappa shape index (κ1) is 17.1. The molecule has 2 N–H and O–H groups in total. The van der Waals surface area contributed by atoms with Crippen LogP contribution in [0, 0.1) is 0 Å². The van der Waals surface area contributed by atoms with Crippen LogP contribution >= 0.6 is 0 Å². The normalized spacial score (nSPS) is 11.2. The molecule has 5 heteroatoms. The SMILES string of the molecule is CC(C)NC(=O)COc1ccc(-c2ccc3c(c2)[nH]c2ccccc23)cn1. The first-order chi connectivity index (χ1) is 13.1. The molecule has 2 aromatic heterocycles. The molecule has 0 bridgehead atoms. The fourth-order valence-electron chi connectivity index (χ4n) is 3.17. The predicted octanol–water partition coefficient (Wildman–Crippen LogP) is 4.29. The standard InChI is InChI=1S/C22H21N3O2/c1-14(2)24-21(26)13-27-22-10-8-16(12-23-22)15-7-9-18-17-5-3-4-6-19(17)25-20(18)11-15/h3-12,14,25H,13H2,1-2H3,(H,24,26). The second kappa shape index (κ2) is 7.11. The Kier molecular flexibility index (Phi) is 4.50. The molecule has 136 valence electrons. The highest BCUT2D eigenvalue weighted by atomic mass is 16.5. The molecule has 0 fully saturated rings. The summed E-state index contributed by atoms with van der Waals surface area (Å²) in [7, 11) is 0. The topological polar surface area (TPSA) is 67.0 Å². The van der Waals surface area contributed by atoms with Crippen LogP contribution in [0.1, 0.15) is 13.8 Å². The Morgan fingerprint density at radius 3 is 2.59 bits per heavy atom. The van der Waals surface area contributed by atoms with Crippen molar-refractivity contribution in [1.82, 2.24) is 15.3 Å². The molecule has 4 aromatic rings. The third kappa shape index (κ3) is 3.62. The van der Waals surface area contributed by atoms with E-state index < -0.39 is 0 Å². The molecule has 5 nitrogen and oxygen atoms in total. The molecule has 27 heavy (non-hydrogen) atoms. The highest BCUT2D eigenvalue weighted by molar-refractivity contribution is 6.08. The van der Waals surface area contributed by atoms with E-state index in [-0.39, 0.29) is 18.6 Å². The van der Waals surface area contributed by atoms with Gasteiger partial charge in [0.25, 0.3) is 5.91 Å². The van der Waals surface area contributed by atoms with Gasteiger partial charge in [0.2, 0.25) is 5.88 Å². The Morgan fingerprint density at radius 2 is 1.81 bits per heavy atom. The van der Waals surface area contributed by atoms with Crippen molar-refractivity contribution in [2.75, 3.05) is 6.61 Å². The van der Waals surface area contributed by atoms with Crippen molar-refractivity contribution >= 4 is 27.7 Å². The smallest absolute Gasteiger partial charge is 0.258 e. The molecular formula is C22H21N3O2. The lowest BCUT2D eigenvalue weighted by Gasteiger charge is -2.09. The number of para-hydroxylation sites is 1. The van der Waals surface area contributed by atoms with Gasteiger partial charge in [0.15, 0.2) is 6.61 Å². The van der Waals surface area contributed by atoms with Crippen LogP contribution in [0.4, 0.5) is 0 Å². The number of H-pyrrole nitrogens is 1. The van der Waals surface area contributed by atoms with E-state index in [1.807, 2.05) is 32.0 Å². The molecule has 0 radical (unpaired) electrons. The summed E-state index contributed by atoms with van der Waals surface area (Å²) >= 11 is 0. The van der Waals surface area contributed by atoms with Gasteiger partial charge in [-0.15, -0.1) is 0 Å². The largest absolute Gasteiger partial charge is 0.468 e. The minimum absolute atomic E-state index is 0.0362. The number of hydrogen-bond donors (Lipinski definition) is 2. The summed E-state index contributed by atoms with van der Waals surface area (Å²) in [5.41, 5.74) is 4.30. The summed E-state index contributed by atoms with van der Waals surface area (Å²) in [5, 5.41) is 5.21. The molecule has 0 atom stereocenters. The zero-order valence-electron chi connectivity index (χ0n) is 15.3. The van der Waals surface area contributed by atoms with Crippen LogP contribution in [0.5, 0.6) is 5.88 Å². The number of pyridine rings is 1. The number of nitrogens with zero attached hydrogens (tertiary/aromatic N) is 1. The number of hydrogen-bond acceptors (Lipinski definition) is 3. The number of ether oxygens (including phenoxy) is 1. The monoisotopic (exact) mass is 359 g/mol. The van der Waals surface area contributed by atoms with Crippen molar-refractivity contribution in [2.24, 2.45) is 0 Å². The van der Waals surface area contributed by atoms with Crippen LogP contribution < -0.4 is 10.1 Å². The fraction of sp³-hybridized carbons (Fsp3) is 0.182. The molecule has 4 rings (SSSR count). The quantitative estimate of drug-likeness (QED) is 0.559. The average Bonchev–Trinajstić information content (AvgIpc) is 3.04. The van der Waals surface area contributed by atoms with Crippen LogP contribution in [0.2, 0.25) is 0 Å². The summed E-state index contributed by atoms with van der Waals surface area (Å²) in [4.78, 5) is 19.4. The Bertz CT molecular complexity index is 1100. The number of carbonyl (C=O) groups excluding carboxylic acids is 1. The van der Waals surface area contributed by atoms with E-state index in [1.165, 1.54) is 10.8 Å². The zero-order chi connectivity index (χ0) is 18.8. The average molecular weight is 359 g/mol. The van der Waals surface area contributed by atoms with Crippen LogP contribution in [0.3, 0.4) is 0 Å². The van der Waals surface area contributed by atoms with Crippen molar-refractivity contribution in [3.63, 3.8) is 0 Å². The van der Waals surface area contributed by atoms with Crippen molar-refractivity contribution < 1.29 is 9.53 Å². The molecule has 0 aliphatic carbocycles. The van der Waals surface area contributed by atoms with Crippen LogP contribution in [0.25, 0.3) is 32.9 Å². The summed E-state index contributed by atoms with van der Waals surface area (Å²) in [6, 6.07) is 18.5. The minimum Gasteiger partial charge on any atom is -0.468 e. The van der Waals surface area contributed by atoms with E-state index in [0.717, 1.165) is 22.2 Å². The Hall–Kier alpha value is -3.34. The molecule has 1 amide bonds. The zero-order valence-corrected chi connectivity index (χ0v) is 15.3. The van der Waals surface area contributed by atoms with Crippen LogP contribution in [-0.2, 0) is 4.79 Å². The van der Waals surface area contributed by atoms with Crippen molar-refractivity contribution in [3.8, 4) is 17.0 Å². The fourth-order valence-corrected chi connectivity index (χ4v) is 3.17. The summed E-state index contributed by atoms with van der Waals surface area (Å²) in [6.45, 7) is 3.79. The van der Waals surface area contributed by atoms with E-state index in [0.29, 0.717) is 5.88 Å². The summed E-state index contributed by atoms with van der Waals surface area (Å²) in [6.07, 6.45) is 1.76. The number of nitrogens with one attached hydrogen (secondary N) is 2. The van der Waals surface area contributed by atoms with E-state index in [9.17, 15) is 4.79 Å². The highest BCUT2D eigenvalue weighted by Gasteiger charge is 2.08. The maximum absolute atomic E-state index is 11.6.